The standard InChI is InChI=1S/C19H29F4NOSSi/c1-14(19(21,22)23)24-17(11-25-27(5,6)18(2,3)4)13-26-12-15-7-9-16(20)10-8-15/h7-10,17H,11-13H2,1-6H3/t17-/m1/s1. The van der Waals surface area contributed by atoms with E-state index in [1.807, 2.05) is 0 Å². The third-order valence-electron chi connectivity index (χ3n) is 4.72. The van der Waals surface area contributed by atoms with E-state index in [1.165, 1.54) is 23.9 Å². The number of rotatable bonds is 8. The van der Waals surface area contributed by atoms with Gasteiger partial charge in [0.25, 0.3) is 0 Å². The first kappa shape index (κ1) is 24.2. The molecular formula is C19H29F4NOSSi. The zero-order chi connectivity index (χ0) is 20.9. The molecule has 0 bridgehead atoms. The monoisotopic (exact) mass is 423 g/mol. The van der Waals surface area contributed by atoms with Gasteiger partial charge in [-0.25, -0.2) is 4.39 Å². The topological polar surface area (TPSA) is 21.6 Å². The van der Waals surface area contributed by atoms with Gasteiger partial charge in [-0.1, -0.05) is 32.9 Å². The first-order chi connectivity index (χ1) is 12.2. The molecule has 0 saturated heterocycles. The number of nitrogens with zero attached hydrogens (tertiary/aromatic N) is 1. The first-order valence-electron chi connectivity index (χ1n) is 8.80. The van der Waals surface area contributed by atoms with Crippen molar-refractivity contribution in [2.75, 3.05) is 12.4 Å². The number of halogens is 4. The fourth-order valence-electron chi connectivity index (χ4n) is 1.88. The SMILES string of the molecule is CC(=N[C@H](CO[Si](C)(C)C(C)(C)C)CSCc1ccc(F)cc1)C(F)(F)F. The van der Waals surface area contributed by atoms with E-state index in [4.69, 9.17) is 4.43 Å². The molecular weight excluding hydrogens is 394 g/mol. The van der Waals surface area contributed by atoms with E-state index in [1.54, 1.807) is 12.1 Å². The molecule has 1 aromatic rings. The molecule has 27 heavy (non-hydrogen) atoms. The lowest BCUT2D eigenvalue weighted by atomic mass is 10.2. The zero-order valence-corrected chi connectivity index (χ0v) is 18.6. The van der Waals surface area contributed by atoms with E-state index in [-0.39, 0.29) is 17.5 Å². The van der Waals surface area contributed by atoms with Gasteiger partial charge in [0.05, 0.1) is 12.6 Å². The Hall–Kier alpha value is -0.863. The molecule has 0 radical (unpaired) electrons. The molecule has 0 saturated carbocycles. The van der Waals surface area contributed by atoms with Crippen molar-refractivity contribution >= 4 is 25.8 Å². The van der Waals surface area contributed by atoms with Gasteiger partial charge in [0.2, 0.25) is 0 Å². The van der Waals surface area contributed by atoms with Gasteiger partial charge in [-0.3, -0.25) is 4.99 Å². The highest BCUT2D eigenvalue weighted by Gasteiger charge is 2.38. The Morgan fingerprint density at radius 2 is 1.70 bits per heavy atom. The molecule has 0 aliphatic heterocycles. The van der Waals surface area contributed by atoms with Crippen LogP contribution in [0.2, 0.25) is 18.1 Å². The van der Waals surface area contributed by atoms with Crippen molar-refractivity contribution in [3.05, 3.63) is 35.6 Å². The van der Waals surface area contributed by atoms with Crippen LogP contribution in [0.4, 0.5) is 17.6 Å². The first-order valence-corrected chi connectivity index (χ1v) is 12.9. The highest BCUT2D eigenvalue weighted by atomic mass is 32.2. The van der Waals surface area contributed by atoms with E-state index in [9.17, 15) is 17.6 Å². The van der Waals surface area contributed by atoms with Gasteiger partial charge in [0.1, 0.15) is 11.5 Å². The molecule has 1 rings (SSSR count). The van der Waals surface area contributed by atoms with E-state index in [0.717, 1.165) is 12.5 Å². The molecule has 0 unspecified atom stereocenters. The van der Waals surface area contributed by atoms with E-state index >= 15 is 0 Å². The summed E-state index contributed by atoms with van der Waals surface area (Å²) in [7, 11) is -2.08. The van der Waals surface area contributed by atoms with Crippen molar-refractivity contribution < 1.29 is 22.0 Å². The quantitative estimate of drug-likeness (QED) is 0.271. The van der Waals surface area contributed by atoms with E-state index in [0.29, 0.717) is 11.5 Å². The van der Waals surface area contributed by atoms with Crippen LogP contribution in [0, 0.1) is 5.82 Å². The number of hydrogen-bond donors (Lipinski definition) is 0. The highest BCUT2D eigenvalue weighted by Crippen LogP contribution is 2.36. The smallest absolute Gasteiger partial charge is 0.415 e. The summed E-state index contributed by atoms with van der Waals surface area (Å²) < 4.78 is 57.7. The second-order valence-electron chi connectivity index (χ2n) is 8.08. The average molecular weight is 424 g/mol. The second-order valence-corrected chi connectivity index (χ2v) is 13.9. The van der Waals surface area contributed by atoms with Crippen molar-refractivity contribution in [3.8, 4) is 0 Å². The number of thioether (sulfide) groups is 1. The Morgan fingerprint density at radius 1 is 1.15 bits per heavy atom. The fourth-order valence-corrected chi connectivity index (χ4v) is 3.92. The van der Waals surface area contributed by atoms with Crippen LogP contribution in [-0.4, -0.2) is 38.6 Å². The zero-order valence-electron chi connectivity index (χ0n) is 16.8. The summed E-state index contributed by atoms with van der Waals surface area (Å²) >= 11 is 1.47. The molecule has 8 heteroatoms. The van der Waals surface area contributed by atoms with Crippen LogP contribution < -0.4 is 0 Å². The summed E-state index contributed by atoms with van der Waals surface area (Å²) in [4.78, 5) is 3.89. The number of benzene rings is 1. The lowest BCUT2D eigenvalue weighted by molar-refractivity contribution is -0.0596. The maximum absolute atomic E-state index is 13.0. The van der Waals surface area contributed by atoms with Gasteiger partial charge in [-0.05, 0) is 42.8 Å². The average Bonchev–Trinajstić information content (AvgIpc) is 2.52. The molecule has 1 aromatic carbocycles. The molecule has 0 aliphatic rings. The predicted molar refractivity (Wildman–Crippen MR) is 109 cm³/mol. The van der Waals surface area contributed by atoms with Crippen molar-refractivity contribution in [3.63, 3.8) is 0 Å². The predicted octanol–water partition coefficient (Wildman–Crippen LogP) is 6.47. The molecule has 0 heterocycles. The summed E-state index contributed by atoms with van der Waals surface area (Å²) in [5, 5.41) is -0.0262. The maximum Gasteiger partial charge on any atom is 0.428 e. The Morgan fingerprint density at radius 3 is 2.19 bits per heavy atom. The number of aliphatic imine (C=N–C) groups is 1. The van der Waals surface area contributed by atoms with Crippen LogP contribution in [0.15, 0.2) is 29.3 Å². The van der Waals surface area contributed by atoms with Gasteiger partial charge in [-0.15, -0.1) is 0 Å². The molecule has 0 aliphatic carbocycles. The molecule has 0 spiro atoms. The van der Waals surface area contributed by atoms with Crippen LogP contribution in [0.25, 0.3) is 0 Å². The van der Waals surface area contributed by atoms with Gasteiger partial charge in [-0.2, -0.15) is 24.9 Å². The normalized spacial score (nSPS) is 15.1. The van der Waals surface area contributed by atoms with Crippen molar-refractivity contribution in [1.82, 2.24) is 0 Å². The van der Waals surface area contributed by atoms with Crippen LogP contribution in [0.1, 0.15) is 33.3 Å². The minimum absolute atomic E-state index is 0.0262. The van der Waals surface area contributed by atoms with Gasteiger partial charge in [0.15, 0.2) is 8.32 Å². The Kier molecular flexibility index (Phi) is 8.56. The Bertz CT molecular complexity index is 624. The van der Waals surface area contributed by atoms with Gasteiger partial charge < -0.3 is 4.43 Å². The summed E-state index contributed by atoms with van der Waals surface area (Å²) in [6.45, 7) is 11.5. The minimum atomic E-state index is -4.43. The molecule has 0 amide bonds. The minimum Gasteiger partial charge on any atom is -0.415 e. The Balaban J connectivity index is 2.77. The molecule has 0 aromatic heterocycles. The third kappa shape index (κ3) is 8.35. The van der Waals surface area contributed by atoms with Crippen molar-refractivity contribution in [1.29, 1.82) is 0 Å². The summed E-state index contributed by atoms with van der Waals surface area (Å²) in [6, 6.07) is 5.52. The van der Waals surface area contributed by atoms with Crippen LogP contribution in [0.5, 0.6) is 0 Å². The third-order valence-corrected chi connectivity index (χ3v) is 10.4. The lowest BCUT2D eigenvalue weighted by Gasteiger charge is -2.37. The molecule has 154 valence electrons. The summed E-state index contributed by atoms with van der Waals surface area (Å²) in [6.07, 6.45) is -4.43. The number of alkyl halides is 3. The second kappa shape index (κ2) is 9.56. The van der Waals surface area contributed by atoms with Crippen molar-refractivity contribution in [2.24, 2.45) is 4.99 Å². The van der Waals surface area contributed by atoms with E-state index in [2.05, 4.69) is 38.9 Å². The van der Waals surface area contributed by atoms with Gasteiger partial charge >= 0.3 is 6.18 Å². The molecule has 2 nitrogen and oxygen atoms in total. The highest BCUT2D eigenvalue weighted by molar-refractivity contribution is 7.98. The maximum atomic E-state index is 13.0. The molecule has 1 atom stereocenters. The summed E-state index contributed by atoms with van der Waals surface area (Å²) in [5.74, 6) is 0.673. The molecule has 0 N–H and O–H groups in total. The van der Waals surface area contributed by atoms with Crippen molar-refractivity contribution in [2.45, 2.75) is 63.8 Å². The van der Waals surface area contributed by atoms with Gasteiger partial charge in [0, 0.05) is 11.5 Å². The molecule has 0 fully saturated rings. The Labute approximate surface area is 164 Å². The van der Waals surface area contributed by atoms with Crippen LogP contribution in [0.3, 0.4) is 0 Å². The van der Waals surface area contributed by atoms with Crippen LogP contribution in [-0.2, 0) is 10.2 Å². The number of hydrogen-bond acceptors (Lipinski definition) is 3. The largest absolute Gasteiger partial charge is 0.428 e. The van der Waals surface area contributed by atoms with Crippen LogP contribution >= 0.6 is 11.8 Å². The summed E-state index contributed by atoms with van der Waals surface area (Å²) in [5.41, 5.74) is 0.0794. The lowest BCUT2D eigenvalue weighted by Crippen LogP contribution is -2.43. The fraction of sp³-hybridized carbons (Fsp3) is 0.632. The van der Waals surface area contributed by atoms with E-state index < -0.39 is 26.2 Å².